The van der Waals surface area contributed by atoms with Crippen molar-refractivity contribution in [2.75, 3.05) is 27.3 Å². The smallest absolute Gasteiger partial charge is 0.254 e. The average molecular weight is 327 g/mol. The third-order valence-electron chi connectivity index (χ3n) is 4.08. The van der Waals surface area contributed by atoms with Crippen LogP contribution in [0.4, 0.5) is 0 Å². The second kappa shape index (κ2) is 7.25. The number of amides is 1. The van der Waals surface area contributed by atoms with E-state index < -0.39 is 0 Å². The third kappa shape index (κ3) is 3.62. The van der Waals surface area contributed by atoms with Gasteiger partial charge in [0.2, 0.25) is 0 Å². The van der Waals surface area contributed by atoms with Crippen LogP contribution in [0.25, 0.3) is 0 Å². The van der Waals surface area contributed by atoms with Gasteiger partial charge in [0.1, 0.15) is 23.4 Å². The molecule has 126 valence electrons. The van der Waals surface area contributed by atoms with E-state index in [1.54, 1.807) is 32.4 Å². The highest BCUT2D eigenvalue weighted by Gasteiger charge is 2.28. The molecule has 5 nitrogen and oxygen atoms in total. The molecule has 3 rings (SSSR count). The molecule has 0 aromatic heterocycles. The number of methoxy groups -OCH3 is 2. The number of ether oxygens (including phenoxy) is 3. The summed E-state index contributed by atoms with van der Waals surface area (Å²) in [6.45, 7) is 1.25. The second-order valence-electron chi connectivity index (χ2n) is 5.69. The Hall–Kier alpha value is -2.69. The van der Waals surface area contributed by atoms with Gasteiger partial charge in [0.15, 0.2) is 0 Å². The van der Waals surface area contributed by atoms with Gasteiger partial charge in [-0.25, -0.2) is 0 Å². The van der Waals surface area contributed by atoms with Crippen molar-refractivity contribution in [2.24, 2.45) is 0 Å². The molecule has 1 aliphatic heterocycles. The Balaban J connectivity index is 1.68. The fraction of sp³-hybridized carbons (Fsp3) is 0.316. The van der Waals surface area contributed by atoms with Crippen molar-refractivity contribution >= 4 is 5.91 Å². The summed E-state index contributed by atoms with van der Waals surface area (Å²) in [7, 11) is 3.14. The lowest BCUT2D eigenvalue weighted by Crippen LogP contribution is -2.31. The van der Waals surface area contributed by atoms with E-state index in [1.165, 1.54) is 0 Å². The maximum Gasteiger partial charge on any atom is 0.254 e. The minimum Gasteiger partial charge on any atom is -0.497 e. The van der Waals surface area contributed by atoms with Crippen LogP contribution in [-0.4, -0.2) is 44.2 Å². The topological polar surface area (TPSA) is 48.0 Å². The molecule has 0 radical (unpaired) electrons. The first-order valence-electron chi connectivity index (χ1n) is 7.93. The van der Waals surface area contributed by atoms with Crippen molar-refractivity contribution < 1.29 is 19.0 Å². The number of hydrogen-bond acceptors (Lipinski definition) is 4. The number of rotatable bonds is 5. The molecule has 2 aromatic carbocycles. The summed E-state index contributed by atoms with van der Waals surface area (Å²) in [6.07, 6.45) is 0.839. The average Bonchev–Trinajstić information content (AvgIpc) is 3.09. The first-order valence-corrected chi connectivity index (χ1v) is 7.93. The Morgan fingerprint density at radius 2 is 1.67 bits per heavy atom. The van der Waals surface area contributed by atoms with Crippen molar-refractivity contribution in [1.82, 2.24) is 4.90 Å². The van der Waals surface area contributed by atoms with Crippen LogP contribution >= 0.6 is 0 Å². The van der Waals surface area contributed by atoms with Crippen LogP contribution in [0.3, 0.4) is 0 Å². The van der Waals surface area contributed by atoms with E-state index in [1.807, 2.05) is 35.2 Å². The van der Waals surface area contributed by atoms with Crippen LogP contribution in [0.5, 0.6) is 17.2 Å². The molecule has 1 heterocycles. The number of carbonyl (C=O) groups is 1. The van der Waals surface area contributed by atoms with Crippen LogP contribution in [0, 0.1) is 0 Å². The number of para-hydroxylation sites is 1. The van der Waals surface area contributed by atoms with Gasteiger partial charge in [-0.15, -0.1) is 0 Å². The van der Waals surface area contributed by atoms with E-state index in [4.69, 9.17) is 14.2 Å². The summed E-state index contributed by atoms with van der Waals surface area (Å²) < 4.78 is 16.4. The summed E-state index contributed by atoms with van der Waals surface area (Å²) in [5.41, 5.74) is 0.562. The fourth-order valence-corrected chi connectivity index (χ4v) is 2.81. The number of benzene rings is 2. The summed E-state index contributed by atoms with van der Waals surface area (Å²) in [5.74, 6) is 2.01. The summed E-state index contributed by atoms with van der Waals surface area (Å²) in [5, 5.41) is 0. The highest BCUT2D eigenvalue weighted by Crippen LogP contribution is 2.25. The van der Waals surface area contributed by atoms with Gasteiger partial charge in [-0.3, -0.25) is 4.79 Å². The van der Waals surface area contributed by atoms with Crippen molar-refractivity contribution in [2.45, 2.75) is 12.5 Å². The molecule has 2 aromatic rings. The van der Waals surface area contributed by atoms with Crippen LogP contribution in [-0.2, 0) is 0 Å². The molecular weight excluding hydrogens is 306 g/mol. The van der Waals surface area contributed by atoms with Crippen LogP contribution < -0.4 is 14.2 Å². The minimum absolute atomic E-state index is 0.0175. The Kier molecular flexibility index (Phi) is 4.89. The quantitative estimate of drug-likeness (QED) is 0.847. The summed E-state index contributed by atoms with van der Waals surface area (Å²) in [6, 6.07) is 14.9. The van der Waals surface area contributed by atoms with Crippen molar-refractivity contribution in [1.29, 1.82) is 0 Å². The molecule has 1 fully saturated rings. The lowest BCUT2D eigenvalue weighted by Gasteiger charge is -2.18. The monoisotopic (exact) mass is 327 g/mol. The zero-order valence-electron chi connectivity index (χ0n) is 13.9. The van der Waals surface area contributed by atoms with Crippen LogP contribution in [0.15, 0.2) is 48.5 Å². The molecule has 0 aliphatic carbocycles. The third-order valence-corrected chi connectivity index (χ3v) is 4.08. The van der Waals surface area contributed by atoms with Gasteiger partial charge in [-0.2, -0.15) is 0 Å². The molecule has 1 unspecified atom stereocenters. The molecule has 1 amide bonds. The highest BCUT2D eigenvalue weighted by atomic mass is 16.5. The zero-order chi connectivity index (χ0) is 16.9. The lowest BCUT2D eigenvalue weighted by molar-refractivity contribution is 0.0771. The number of likely N-dealkylation sites (tertiary alicyclic amines) is 1. The SMILES string of the molecule is COc1cc(OC)cc(C(=O)N2CCC(Oc3ccccc3)C2)c1. The number of hydrogen-bond donors (Lipinski definition) is 0. The zero-order valence-corrected chi connectivity index (χ0v) is 13.9. The van der Waals surface area contributed by atoms with E-state index in [-0.39, 0.29) is 12.0 Å². The first-order chi connectivity index (χ1) is 11.7. The van der Waals surface area contributed by atoms with Gasteiger partial charge >= 0.3 is 0 Å². The lowest BCUT2D eigenvalue weighted by atomic mass is 10.1. The van der Waals surface area contributed by atoms with Crippen molar-refractivity contribution in [3.05, 3.63) is 54.1 Å². The molecule has 0 spiro atoms. The maximum absolute atomic E-state index is 12.7. The van der Waals surface area contributed by atoms with Gasteiger partial charge in [0.25, 0.3) is 5.91 Å². The Bertz CT molecular complexity index is 680. The Morgan fingerprint density at radius 1 is 1.00 bits per heavy atom. The van der Waals surface area contributed by atoms with Gasteiger partial charge in [0, 0.05) is 24.6 Å². The molecule has 1 aliphatic rings. The standard InChI is InChI=1S/C19H21NO4/c1-22-17-10-14(11-18(12-17)23-2)19(21)20-9-8-16(13-20)24-15-6-4-3-5-7-15/h3-7,10-12,16H,8-9,13H2,1-2H3. The minimum atomic E-state index is -0.0358. The van der Waals surface area contributed by atoms with E-state index in [9.17, 15) is 4.79 Å². The van der Waals surface area contributed by atoms with E-state index in [0.29, 0.717) is 30.2 Å². The molecule has 0 bridgehead atoms. The summed E-state index contributed by atoms with van der Waals surface area (Å²) >= 11 is 0. The molecule has 0 saturated carbocycles. The summed E-state index contributed by atoms with van der Waals surface area (Å²) in [4.78, 5) is 14.5. The normalized spacial score (nSPS) is 16.8. The van der Waals surface area contributed by atoms with E-state index >= 15 is 0 Å². The van der Waals surface area contributed by atoms with Gasteiger partial charge in [-0.05, 0) is 24.3 Å². The predicted molar refractivity (Wildman–Crippen MR) is 90.9 cm³/mol. The van der Waals surface area contributed by atoms with Gasteiger partial charge < -0.3 is 19.1 Å². The molecule has 0 N–H and O–H groups in total. The second-order valence-corrected chi connectivity index (χ2v) is 5.69. The van der Waals surface area contributed by atoms with Gasteiger partial charge in [0.05, 0.1) is 20.8 Å². The fourth-order valence-electron chi connectivity index (χ4n) is 2.81. The molecule has 1 atom stereocenters. The number of carbonyl (C=O) groups excluding carboxylic acids is 1. The van der Waals surface area contributed by atoms with Crippen molar-refractivity contribution in [3.63, 3.8) is 0 Å². The molecule has 5 heteroatoms. The Labute approximate surface area is 141 Å². The molecule has 1 saturated heterocycles. The van der Waals surface area contributed by atoms with Crippen molar-refractivity contribution in [3.8, 4) is 17.2 Å². The highest BCUT2D eigenvalue weighted by molar-refractivity contribution is 5.95. The van der Waals surface area contributed by atoms with E-state index in [2.05, 4.69) is 0 Å². The number of nitrogens with zero attached hydrogens (tertiary/aromatic N) is 1. The van der Waals surface area contributed by atoms with E-state index in [0.717, 1.165) is 12.2 Å². The first kappa shape index (κ1) is 16.2. The maximum atomic E-state index is 12.7. The molecular formula is C19H21NO4. The van der Waals surface area contributed by atoms with Crippen LogP contribution in [0.2, 0.25) is 0 Å². The largest absolute Gasteiger partial charge is 0.497 e. The predicted octanol–water partition coefficient (Wildman–Crippen LogP) is 3.00. The molecule has 24 heavy (non-hydrogen) atoms. The Morgan fingerprint density at radius 3 is 2.29 bits per heavy atom. The van der Waals surface area contributed by atoms with Crippen LogP contribution in [0.1, 0.15) is 16.8 Å². The van der Waals surface area contributed by atoms with Gasteiger partial charge in [-0.1, -0.05) is 18.2 Å².